The van der Waals surface area contributed by atoms with Gasteiger partial charge in [-0.3, -0.25) is 9.78 Å². The monoisotopic (exact) mass is 322 g/mol. The molecule has 0 atom stereocenters. The Kier molecular flexibility index (Phi) is 4.33. The summed E-state index contributed by atoms with van der Waals surface area (Å²) in [5.74, 6) is 0.968. The van der Waals surface area contributed by atoms with Crippen molar-refractivity contribution in [1.82, 2.24) is 4.98 Å². The molecule has 0 radical (unpaired) electrons. The van der Waals surface area contributed by atoms with Gasteiger partial charge in [-0.15, -0.1) is 0 Å². The average Bonchev–Trinajstić information content (AvgIpc) is 2.62. The summed E-state index contributed by atoms with van der Waals surface area (Å²) in [5.41, 5.74) is 1.97. The normalized spacial score (nSPS) is 10.5. The van der Waals surface area contributed by atoms with Crippen LogP contribution in [0.5, 0.6) is 11.5 Å². The fourth-order valence-electron chi connectivity index (χ4n) is 2.63. The maximum Gasteiger partial charge on any atom is 0.255 e. The molecule has 1 amide bonds. The van der Waals surface area contributed by atoms with E-state index in [1.54, 1.807) is 38.7 Å². The Balaban J connectivity index is 1.98. The molecule has 1 N–H and O–H groups in total. The lowest BCUT2D eigenvalue weighted by Gasteiger charge is -2.13. The number of nitrogens with one attached hydrogen (secondary N) is 1. The van der Waals surface area contributed by atoms with Crippen LogP contribution in [0.2, 0.25) is 0 Å². The SMILES string of the molecule is COc1cc(C(=O)Nc2cncc3ccccc23)cc(OC)c1C. The van der Waals surface area contributed by atoms with Crippen molar-refractivity contribution >= 4 is 22.4 Å². The van der Waals surface area contributed by atoms with Gasteiger partial charge < -0.3 is 14.8 Å². The van der Waals surface area contributed by atoms with Gasteiger partial charge in [-0.2, -0.15) is 0 Å². The number of fused-ring (bicyclic) bond motifs is 1. The number of methoxy groups -OCH3 is 2. The molecule has 0 spiro atoms. The molecule has 2 aromatic carbocycles. The van der Waals surface area contributed by atoms with Crippen molar-refractivity contribution < 1.29 is 14.3 Å². The Bertz CT molecular complexity index is 876. The quantitative estimate of drug-likeness (QED) is 0.793. The van der Waals surface area contributed by atoms with Crippen LogP contribution in [-0.4, -0.2) is 25.1 Å². The Hall–Kier alpha value is -3.08. The second-order valence-corrected chi connectivity index (χ2v) is 5.37. The molecule has 24 heavy (non-hydrogen) atoms. The Labute approximate surface area is 140 Å². The molecule has 1 heterocycles. The summed E-state index contributed by atoms with van der Waals surface area (Å²) >= 11 is 0. The van der Waals surface area contributed by atoms with Gasteiger partial charge in [-0.05, 0) is 19.1 Å². The van der Waals surface area contributed by atoms with E-state index in [4.69, 9.17) is 9.47 Å². The van der Waals surface area contributed by atoms with Crippen LogP contribution in [0.15, 0.2) is 48.8 Å². The lowest BCUT2D eigenvalue weighted by Crippen LogP contribution is -2.13. The molecule has 0 bridgehead atoms. The van der Waals surface area contributed by atoms with Crippen LogP contribution >= 0.6 is 0 Å². The number of benzene rings is 2. The van der Waals surface area contributed by atoms with Crippen molar-refractivity contribution in [3.05, 3.63) is 59.9 Å². The van der Waals surface area contributed by atoms with Crippen LogP contribution in [0.25, 0.3) is 10.8 Å². The molecule has 5 nitrogen and oxygen atoms in total. The first kappa shape index (κ1) is 15.8. The van der Waals surface area contributed by atoms with Crippen LogP contribution in [-0.2, 0) is 0 Å². The molecule has 0 aliphatic rings. The number of ether oxygens (including phenoxy) is 2. The third-order valence-corrected chi connectivity index (χ3v) is 3.93. The molecular formula is C19H18N2O3. The summed E-state index contributed by atoms with van der Waals surface area (Å²) < 4.78 is 10.7. The zero-order valence-electron chi connectivity index (χ0n) is 13.8. The van der Waals surface area contributed by atoms with Crippen LogP contribution in [0.3, 0.4) is 0 Å². The zero-order chi connectivity index (χ0) is 17.1. The van der Waals surface area contributed by atoms with E-state index in [2.05, 4.69) is 10.3 Å². The van der Waals surface area contributed by atoms with Crippen LogP contribution in [0.4, 0.5) is 5.69 Å². The van der Waals surface area contributed by atoms with Crippen molar-refractivity contribution in [2.75, 3.05) is 19.5 Å². The smallest absolute Gasteiger partial charge is 0.255 e. The molecule has 3 aromatic rings. The fraction of sp³-hybridized carbons (Fsp3) is 0.158. The van der Waals surface area contributed by atoms with E-state index >= 15 is 0 Å². The van der Waals surface area contributed by atoms with Gasteiger partial charge >= 0.3 is 0 Å². The summed E-state index contributed by atoms with van der Waals surface area (Å²) in [4.78, 5) is 16.8. The van der Waals surface area contributed by atoms with Crippen molar-refractivity contribution in [2.24, 2.45) is 0 Å². The number of nitrogens with zero attached hydrogens (tertiary/aromatic N) is 1. The van der Waals surface area contributed by atoms with E-state index in [1.165, 1.54) is 0 Å². The Morgan fingerprint density at radius 1 is 1.04 bits per heavy atom. The number of hydrogen-bond donors (Lipinski definition) is 1. The molecule has 0 aliphatic carbocycles. The average molecular weight is 322 g/mol. The molecular weight excluding hydrogens is 304 g/mol. The maximum absolute atomic E-state index is 12.7. The first-order valence-electron chi connectivity index (χ1n) is 7.50. The van der Waals surface area contributed by atoms with Gasteiger partial charge in [0.25, 0.3) is 5.91 Å². The molecule has 0 saturated heterocycles. The van der Waals surface area contributed by atoms with Gasteiger partial charge in [0.2, 0.25) is 0 Å². The lowest BCUT2D eigenvalue weighted by molar-refractivity contribution is 0.102. The number of rotatable bonds is 4. The number of carbonyl (C=O) groups excluding carboxylic acids is 1. The minimum absolute atomic E-state index is 0.246. The molecule has 1 aromatic heterocycles. The highest BCUT2D eigenvalue weighted by Gasteiger charge is 2.14. The number of carbonyl (C=O) groups is 1. The Morgan fingerprint density at radius 2 is 1.71 bits per heavy atom. The van der Waals surface area contributed by atoms with Gasteiger partial charge in [-0.25, -0.2) is 0 Å². The van der Waals surface area contributed by atoms with E-state index in [9.17, 15) is 4.79 Å². The van der Waals surface area contributed by atoms with E-state index in [0.717, 1.165) is 16.3 Å². The van der Waals surface area contributed by atoms with E-state index < -0.39 is 0 Å². The highest BCUT2D eigenvalue weighted by atomic mass is 16.5. The van der Waals surface area contributed by atoms with Gasteiger partial charge in [0.15, 0.2) is 0 Å². The highest BCUT2D eigenvalue weighted by Crippen LogP contribution is 2.30. The minimum Gasteiger partial charge on any atom is -0.496 e. The van der Waals surface area contributed by atoms with E-state index in [-0.39, 0.29) is 5.91 Å². The molecule has 5 heteroatoms. The molecule has 122 valence electrons. The standard InChI is InChI=1S/C19H18N2O3/c1-12-17(23-2)8-14(9-18(12)24-3)19(22)21-16-11-20-10-13-6-4-5-7-15(13)16/h4-11H,1-3H3,(H,21,22). The molecule has 0 saturated carbocycles. The maximum atomic E-state index is 12.7. The van der Waals surface area contributed by atoms with Gasteiger partial charge in [0, 0.05) is 28.1 Å². The van der Waals surface area contributed by atoms with Gasteiger partial charge in [0.05, 0.1) is 26.1 Å². The fourth-order valence-corrected chi connectivity index (χ4v) is 2.63. The molecule has 0 fully saturated rings. The first-order valence-corrected chi connectivity index (χ1v) is 7.50. The summed E-state index contributed by atoms with van der Waals surface area (Å²) in [7, 11) is 3.14. The summed E-state index contributed by atoms with van der Waals surface area (Å²) in [6, 6.07) is 11.2. The van der Waals surface area contributed by atoms with Crippen LogP contribution in [0.1, 0.15) is 15.9 Å². The molecule has 0 unspecified atom stereocenters. The third kappa shape index (κ3) is 2.88. The third-order valence-electron chi connectivity index (χ3n) is 3.93. The second kappa shape index (κ2) is 6.58. The number of amides is 1. The summed E-state index contributed by atoms with van der Waals surface area (Å²) in [5, 5.41) is 4.81. The largest absolute Gasteiger partial charge is 0.496 e. The number of hydrogen-bond acceptors (Lipinski definition) is 4. The number of anilines is 1. The minimum atomic E-state index is -0.246. The number of aromatic nitrogens is 1. The Morgan fingerprint density at radius 3 is 2.38 bits per heavy atom. The lowest BCUT2D eigenvalue weighted by atomic mass is 10.1. The topological polar surface area (TPSA) is 60.5 Å². The summed E-state index contributed by atoms with van der Waals surface area (Å²) in [6.07, 6.45) is 3.41. The van der Waals surface area contributed by atoms with Crippen molar-refractivity contribution in [3.63, 3.8) is 0 Å². The first-order chi connectivity index (χ1) is 11.6. The van der Waals surface area contributed by atoms with Crippen LogP contribution < -0.4 is 14.8 Å². The van der Waals surface area contributed by atoms with Crippen LogP contribution in [0, 0.1) is 6.92 Å². The predicted octanol–water partition coefficient (Wildman–Crippen LogP) is 3.81. The van der Waals surface area contributed by atoms with Crippen molar-refractivity contribution in [2.45, 2.75) is 6.92 Å². The van der Waals surface area contributed by atoms with Gasteiger partial charge in [-0.1, -0.05) is 24.3 Å². The van der Waals surface area contributed by atoms with E-state index in [1.807, 2.05) is 31.2 Å². The predicted molar refractivity (Wildman–Crippen MR) is 94.0 cm³/mol. The van der Waals surface area contributed by atoms with Crippen molar-refractivity contribution in [3.8, 4) is 11.5 Å². The molecule has 3 rings (SSSR count). The van der Waals surface area contributed by atoms with Gasteiger partial charge in [0.1, 0.15) is 11.5 Å². The highest BCUT2D eigenvalue weighted by molar-refractivity contribution is 6.09. The number of pyridine rings is 1. The summed E-state index contributed by atoms with van der Waals surface area (Å²) in [6.45, 7) is 1.88. The molecule has 0 aliphatic heterocycles. The second-order valence-electron chi connectivity index (χ2n) is 5.37. The van der Waals surface area contributed by atoms with E-state index in [0.29, 0.717) is 22.7 Å². The van der Waals surface area contributed by atoms with Crippen molar-refractivity contribution in [1.29, 1.82) is 0 Å². The zero-order valence-corrected chi connectivity index (χ0v) is 13.8.